The van der Waals surface area contributed by atoms with Crippen LogP contribution in [-0.4, -0.2) is 27.4 Å². The minimum atomic E-state index is 0.196. The minimum absolute atomic E-state index is 0.196. The van der Waals surface area contributed by atoms with Gasteiger partial charge < -0.3 is 9.47 Å². The molecule has 0 aliphatic heterocycles. The van der Waals surface area contributed by atoms with Gasteiger partial charge in [0.25, 0.3) is 0 Å². The highest BCUT2D eigenvalue weighted by Gasteiger charge is 2.23. The standard InChI is InChI=1S/C20H42O2/c1-5-6-7-8-9-10-11-12-13-14-15-16-17-20(2,18-21-3)19-22-4/h5-19H2,1-4H3. The molecule has 0 aliphatic rings. The number of methoxy groups -OCH3 is 2. The normalized spacial score (nSPS) is 12.0. The average molecular weight is 315 g/mol. The molecular formula is C20H42O2. The van der Waals surface area contributed by atoms with Crippen molar-refractivity contribution in [2.24, 2.45) is 5.41 Å². The first-order chi connectivity index (χ1) is 10.7. The van der Waals surface area contributed by atoms with Crippen molar-refractivity contribution in [3.05, 3.63) is 0 Å². The number of rotatable bonds is 17. The number of hydrogen-bond donors (Lipinski definition) is 0. The summed E-state index contributed by atoms with van der Waals surface area (Å²) in [5, 5.41) is 0. The van der Waals surface area contributed by atoms with Gasteiger partial charge in [-0.25, -0.2) is 0 Å². The molecule has 0 aromatic rings. The Hall–Kier alpha value is -0.0800. The van der Waals surface area contributed by atoms with Crippen LogP contribution in [0.2, 0.25) is 0 Å². The summed E-state index contributed by atoms with van der Waals surface area (Å²) < 4.78 is 10.7. The van der Waals surface area contributed by atoms with Crippen molar-refractivity contribution >= 4 is 0 Å². The van der Waals surface area contributed by atoms with E-state index in [-0.39, 0.29) is 5.41 Å². The molecule has 0 heterocycles. The van der Waals surface area contributed by atoms with Crippen molar-refractivity contribution in [2.75, 3.05) is 27.4 Å². The molecule has 0 N–H and O–H groups in total. The summed E-state index contributed by atoms with van der Waals surface area (Å²) in [4.78, 5) is 0. The summed E-state index contributed by atoms with van der Waals surface area (Å²) in [7, 11) is 3.58. The smallest absolute Gasteiger partial charge is 0.0538 e. The van der Waals surface area contributed by atoms with Gasteiger partial charge in [0.1, 0.15) is 0 Å². The molecule has 0 saturated carbocycles. The molecule has 0 atom stereocenters. The van der Waals surface area contributed by atoms with Gasteiger partial charge in [-0.2, -0.15) is 0 Å². The second-order valence-electron chi connectivity index (χ2n) is 7.32. The van der Waals surface area contributed by atoms with E-state index in [1.165, 1.54) is 83.5 Å². The van der Waals surface area contributed by atoms with Gasteiger partial charge in [-0.3, -0.25) is 0 Å². The molecule has 134 valence electrons. The fourth-order valence-electron chi connectivity index (χ4n) is 3.28. The van der Waals surface area contributed by atoms with Crippen LogP contribution < -0.4 is 0 Å². The molecule has 2 heteroatoms. The first-order valence-electron chi connectivity index (χ1n) is 9.66. The maximum absolute atomic E-state index is 5.34. The van der Waals surface area contributed by atoms with E-state index in [2.05, 4.69) is 13.8 Å². The molecule has 0 amide bonds. The monoisotopic (exact) mass is 314 g/mol. The first kappa shape index (κ1) is 21.9. The van der Waals surface area contributed by atoms with Crippen molar-refractivity contribution in [1.29, 1.82) is 0 Å². The molecule has 0 bridgehead atoms. The highest BCUT2D eigenvalue weighted by Crippen LogP contribution is 2.25. The van der Waals surface area contributed by atoms with Gasteiger partial charge in [0.05, 0.1) is 13.2 Å². The lowest BCUT2D eigenvalue weighted by atomic mass is 9.86. The van der Waals surface area contributed by atoms with E-state index < -0.39 is 0 Å². The molecule has 0 unspecified atom stereocenters. The predicted octanol–water partition coefficient (Wildman–Crippen LogP) is 6.38. The van der Waals surface area contributed by atoms with E-state index in [1.807, 2.05) is 0 Å². The zero-order chi connectivity index (χ0) is 16.5. The van der Waals surface area contributed by atoms with E-state index in [0.29, 0.717) is 0 Å². The lowest BCUT2D eigenvalue weighted by Gasteiger charge is -2.27. The maximum atomic E-state index is 5.34. The molecule has 0 rings (SSSR count). The highest BCUT2D eigenvalue weighted by atomic mass is 16.5. The molecule has 22 heavy (non-hydrogen) atoms. The van der Waals surface area contributed by atoms with Crippen molar-refractivity contribution < 1.29 is 9.47 Å². The largest absolute Gasteiger partial charge is 0.384 e. The Bertz CT molecular complexity index is 210. The lowest BCUT2D eigenvalue weighted by Crippen LogP contribution is -2.28. The van der Waals surface area contributed by atoms with E-state index in [9.17, 15) is 0 Å². The SMILES string of the molecule is CCCCCCCCCCCCCCC(C)(COC)COC. The quantitative estimate of drug-likeness (QED) is 0.290. The van der Waals surface area contributed by atoms with Gasteiger partial charge in [0.2, 0.25) is 0 Å². The van der Waals surface area contributed by atoms with Gasteiger partial charge in [-0.15, -0.1) is 0 Å². The summed E-state index contributed by atoms with van der Waals surface area (Å²) in [6.07, 6.45) is 18.1. The highest BCUT2D eigenvalue weighted by molar-refractivity contribution is 4.73. The van der Waals surface area contributed by atoms with Crippen LogP contribution in [-0.2, 0) is 9.47 Å². The summed E-state index contributed by atoms with van der Waals surface area (Å²) in [5.74, 6) is 0. The molecule has 0 aliphatic carbocycles. The predicted molar refractivity (Wildman–Crippen MR) is 97.6 cm³/mol. The third-order valence-electron chi connectivity index (χ3n) is 4.62. The van der Waals surface area contributed by atoms with Crippen molar-refractivity contribution in [3.8, 4) is 0 Å². The topological polar surface area (TPSA) is 18.5 Å². The summed E-state index contributed by atoms with van der Waals surface area (Å²) >= 11 is 0. The van der Waals surface area contributed by atoms with Crippen LogP contribution in [0.1, 0.15) is 97.3 Å². The van der Waals surface area contributed by atoms with Gasteiger partial charge in [-0.05, 0) is 6.42 Å². The van der Waals surface area contributed by atoms with E-state index in [0.717, 1.165) is 13.2 Å². The van der Waals surface area contributed by atoms with Gasteiger partial charge in [0, 0.05) is 19.6 Å². The van der Waals surface area contributed by atoms with E-state index >= 15 is 0 Å². The third-order valence-corrected chi connectivity index (χ3v) is 4.62. The first-order valence-corrected chi connectivity index (χ1v) is 9.66. The fourth-order valence-corrected chi connectivity index (χ4v) is 3.28. The summed E-state index contributed by atoms with van der Waals surface area (Å²) in [6.45, 7) is 6.17. The van der Waals surface area contributed by atoms with E-state index in [4.69, 9.17) is 9.47 Å². The molecule has 0 aromatic carbocycles. The second-order valence-corrected chi connectivity index (χ2v) is 7.32. The summed E-state index contributed by atoms with van der Waals surface area (Å²) in [5.41, 5.74) is 0.196. The average Bonchev–Trinajstić information content (AvgIpc) is 2.49. The molecule has 0 fully saturated rings. The number of hydrogen-bond acceptors (Lipinski definition) is 2. The fraction of sp³-hybridized carbons (Fsp3) is 1.00. The molecule has 0 spiro atoms. The second kappa shape index (κ2) is 15.8. The van der Waals surface area contributed by atoms with Crippen LogP contribution in [0.4, 0.5) is 0 Å². The maximum Gasteiger partial charge on any atom is 0.0538 e. The Morgan fingerprint density at radius 1 is 0.591 bits per heavy atom. The van der Waals surface area contributed by atoms with Crippen LogP contribution in [0, 0.1) is 5.41 Å². The zero-order valence-corrected chi connectivity index (χ0v) is 15.9. The van der Waals surface area contributed by atoms with Crippen LogP contribution in [0.15, 0.2) is 0 Å². The molecule has 0 radical (unpaired) electrons. The van der Waals surface area contributed by atoms with Crippen molar-refractivity contribution in [3.63, 3.8) is 0 Å². The Morgan fingerprint density at radius 3 is 1.32 bits per heavy atom. The Morgan fingerprint density at radius 2 is 0.955 bits per heavy atom. The molecule has 0 saturated heterocycles. The van der Waals surface area contributed by atoms with E-state index in [1.54, 1.807) is 14.2 Å². The molecule has 0 aromatic heterocycles. The van der Waals surface area contributed by atoms with Gasteiger partial charge >= 0.3 is 0 Å². The van der Waals surface area contributed by atoms with Crippen LogP contribution in [0.3, 0.4) is 0 Å². The zero-order valence-electron chi connectivity index (χ0n) is 15.9. The third kappa shape index (κ3) is 13.6. The number of unbranched alkanes of at least 4 members (excludes halogenated alkanes) is 11. The van der Waals surface area contributed by atoms with Crippen molar-refractivity contribution in [2.45, 2.75) is 97.3 Å². The van der Waals surface area contributed by atoms with Gasteiger partial charge in [0.15, 0.2) is 0 Å². The Labute approximate surface area is 140 Å². The van der Waals surface area contributed by atoms with Crippen molar-refractivity contribution in [1.82, 2.24) is 0 Å². The number of ether oxygens (including phenoxy) is 2. The summed E-state index contributed by atoms with van der Waals surface area (Å²) in [6, 6.07) is 0. The van der Waals surface area contributed by atoms with Crippen LogP contribution >= 0.6 is 0 Å². The Balaban J connectivity index is 3.34. The minimum Gasteiger partial charge on any atom is -0.384 e. The molecule has 2 nitrogen and oxygen atoms in total. The van der Waals surface area contributed by atoms with Gasteiger partial charge in [-0.1, -0.05) is 90.9 Å². The van der Waals surface area contributed by atoms with Crippen LogP contribution in [0.5, 0.6) is 0 Å². The molecular weight excluding hydrogens is 272 g/mol. The lowest BCUT2D eigenvalue weighted by molar-refractivity contribution is 0.0151. The Kier molecular flexibility index (Phi) is 15.7. The van der Waals surface area contributed by atoms with Crippen LogP contribution in [0.25, 0.3) is 0 Å².